The highest BCUT2D eigenvalue weighted by Gasteiger charge is 2.44. The lowest BCUT2D eigenvalue weighted by atomic mass is 9.77. The van der Waals surface area contributed by atoms with Crippen LogP contribution in [-0.2, 0) is 20.9 Å². The van der Waals surface area contributed by atoms with Gasteiger partial charge in [-0.25, -0.2) is 0 Å². The summed E-state index contributed by atoms with van der Waals surface area (Å²) in [5.74, 6) is 0.577. The first-order valence-corrected chi connectivity index (χ1v) is 10.2. The number of hydrogen-bond acceptors (Lipinski definition) is 5. The van der Waals surface area contributed by atoms with E-state index >= 15 is 0 Å². The van der Waals surface area contributed by atoms with E-state index in [9.17, 15) is 9.59 Å². The topological polar surface area (TPSA) is 73.7 Å². The van der Waals surface area contributed by atoms with Crippen LogP contribution in [0.3, 0.4) is 0 Å². The standard InChI is InChI=1S/C22H29N3O4/c1-2-28-21(27)22(12-17-29-19-8-4-3-5-9-19)11-6-14-24(18-22)20(26)10-16-25-15-7-13-23-25/h3-5,7-9,13,15H,2,6,10-12,14,16-18H2,1H3/t22-/m1/s1. The summed E-state index contributed by atoms with van der Waals surface area (Å²) in [6.07, 6.45) is 5.90. The van der Waals surface area contributed by atoms with E-state index in [4.69, 9.17) is 9.47 Å². The Labute approximate surface area is 171 Å². The van der Waals surface area contributed by atoms with Crippen molar-refractivity contribution in [3.63, 3.8) is 0 Å². The number of benzene rings is 1. The highest BCUT2D eigenvalue weighted by atomic mass is 16.5. The number of carbonyl (C=O) groups excluding carboxylic acids is 2. The molecule has 0 aliphatic carbocycles. The fourth-order valence-corrected chi connectivity index (χ4v) is 3.78. The molecule has 2 aromatic rings. The number of para-hydroxylation sites is 1. The number of piperidine rings is 1. The van der Waals surface area contributed by atoms with E-state index in [1.165, 1.54) is 0 Å². The van der Waals surface area contributed by atoms with Crippen molar-refractivity contribution in [1.82, 2.24) is 14.7 Å². The Kier molecular flexibility index (Phi) is 7.27. The zero-order chi connectivity index (χ0) is 20.5. The SMILES string of the molecule is CCOC(=O)[C@@]1(CCOc2ccccc2)CCCN(C(=O)CCn2cccn2)C1. The molecule has 0 unspecified atom stereocenters. The molecule has 1 fully saturated rings. The van der Waals surface area contributed by atoms with Gasteiger partial charge in [-0.2, -0.15) is 5.10 Å². The lowest BCUT2D eigenvalue weighted by molar-refractivity contribution is -0.162. The Balaban J connectivity index is 1.62. The lowest BCUT2D eigenvalue weighted by Crippen LogP contribution is -2.51. The quantitative estimate of drug-likeness (QED) is 0.606. The number of ether oxygens (including phenoxy) is 2. The van der Waals surface area contributed by atoms with Gasteiger partial charge in [0.05, 0.1) is 18.6 Å². The van der Waals surface area contributed by atoms with Crippen molar-refractivity contribution in [3.05, 3.63) is 48.8 Å². The summed E-state index contributed by atoms with van der Waals surface area (Å²) >= 11 is 0. The Morgan fingerprint density at radius 3 is 2.76 bits per heavy atom. The molecule has 0 bridgehead atoms. The monoisotopic (exact) mass is 399 g/mol. The second kappa shape index (κ2) is 10.1. The number of aromatic nitrogens is 2. The molecule has 1 saturated heterocycles. The molecule has 1 aliphatic heterocycles. The van der Waals surface area contributed by atoms with Crippen LogP contribution in [0.25, 0.3) is 0 Å². The number of esters is 1. The summed E-state index contributed by atoms with van der Waals surface area (Å²) in [5, 5.41) is 4.14. The van der Waals surface area contributed by atoms with Gasteiger partial charge in [-0.05, 0) is 44.4 Å². The minimum Gasteiger partial charge on any atom is -0.494 e. The summed E-state index contributed by atoms with van der Waals surface area (Å²) in [6, 6.07) is 11.4. The molecule has 0 N–H and O–H groups in total. The maximum Gasteiger partial charge on any atom is 0.314 e. The van der Waals surface area contributed by atoms with Gasteiger partial charge in [0, 0.05) is 38.4 Å². The molecule has 1 aromatic heterocycles. The first kappa shape index (κ1) is 20.9. The molecule has 0 radical (unpaired) electrons. The van der Waals surface area contributed by atoms with Crippen LogP contribution >= 0.6 is 0 Å². The predicted octanol–water partition coefficient (Wildman–Crippen LogP) is 2.91. The van der Waals surface area contributed by atoms with Gasteiger partial charge >= 0.3 is 5.97 Å². The van der Waals surface area contributed by atoms with Crippen molar-refractivity contribution >= 4 is 11.9 Å². The largest absolute Gasteiger partial charge is 0.494 e. The first-order chi connectivity index (χ1) is 14.1. The van der Waals surface area contributed by atoms with Crippen molar-refractivity contribution in [2.24, 2.45) is 5.41 Å². The predicted molar refractivity (Wildman–Crippen MR) is 108 cm³/mol. The van der Waals surface area contributed by atoms with Gasteiger partial charge in [0.2, 0.25) is 5.91 Å². The summed E-state index contributed by atoms with van der Waals surface area (Å²) in [7, 11) is 0. The van der Waals surface area contributed by atoms with Crippen LogP contribution in [0.5, 0.6) is 5.75 Å². The average Bonchev–Trinajstić information content (AvgIpc) is 3.27. The zero-order valence-electron chi connectivity index (χ0n) is 17.0. The fraction of sp³-hybridized carbons (Fsp3) is 0.500. The number of hydrogen-bond donors (Lipinski definition) is 0. The van der Waals surface area contributed by atoms with Crippen LogP contribution in [0.15, 0.2) is 48.8 Å². The number of nitrogens with zero attached hydrogens (tertiary/aromatic N) is 3. The lowest BCUT2D eigenvalue weighted by Gasteiger charge is -2.41. The molecule has 2 heterocycles. The third kappa shape index (κ3) is 5.59. The van der Waals surface area contributed by atoms with Crippen molar-refractivity contribution < 1.29 is 19.1 Å². The molecule has 7 nitrogen and oxygen atoms in total. The van der Waals surface area contributed by atoms with E-state index in [-0.39, 0.29) is 11.9 Å². The molecular formula is C22H29N3O4. The van der Waals surface area contributed by atoms with Gasteiger partial charge in [-0.3, -0.25) is 14.3 Å². The maximum absolute atomic E-state index is 12.8. The van der Waals surface area contributed by atoms with E-state index < -0.39 is 5.41 Å². The van der Waals surface area contributed by atoms with Gasteiger partial charge in [-0.1, -0.05) is 18.2 Å². The smallest absolute Gasteiger partial charge is 0.314 e. The van der Waals surface area contributed by atoms with Crippen molar-refractivity contribution in [1.29, 1.82) is 0 Å². The number of aryl methyl sites for hydroxylation is 1. The Hall–Kier alpha value is -2.83. The highest BCUT2D eigenvalue weighted by Crippen LogP contribution is 2.35. The minimum atomic E-state index is -0.718. The summed E-state index contributed by atoms with van der Waals surface area (Å²) in [5.41, 5.74) is -0.718. The summed E-state index contributed by atoms with van der Waals surface area (Å²) in [4.78, 5) is 27.4. The molecule has 1 amide bonds. The molecule has 29 heavy (non-hydrogen) atoms. The third-order valence-corrected chi connectivity index (χ3v) is 5.34. The van der Waals surface area contributed by atoms with Gasteiger partial charge in [0.1, 0.15) is 5.75 Å². The normalized spacial score (nSPS) is 19.0. The zero-order valence-corrected chi connectivity index (χ0v) is 17.0. The van der Waals surface area contributed by atoms with Gasteiger partial charge < -0.3 is 14.4 Å². The summed E-state index contributed by atoms with van der Waals surface area (Å²) in [6.45, 7) is 4.11. The van der Waals surface area contributed by atoms with E-state index in [0.29, 0.717) is 52.1 Å². The van der Waals surface area contributed by atoms with Crippen LogP contribution in [0.2, 0.25) is 0 Å². The van der Waals surface area contributed by atoms with Crippen molar-refractivity contribution in [3.8, 4) is 5.75 Å². The minimum absolute atomic E-state index is 0.0397. The van der Waals surface area contributed by atoms with E-state index in [2.05, 4.69) is 5.10 Å². The van der Waals surface area contributed by atoms with Gasteiger partial charge in [-0.15, -0.1) is 0 Å². The second-order valence-corrected chi connectivity index (χ2v) is 7.35. The first-order valence-electron chi connectivity index (χ1n) is 10.2. The van der Waals surface area contributed by atoms with Crippen molar-refractivity contribution in [2.75, 3.05) is 26.3 Å². The molecule has 7 heteroatoms. The molecule has 3 rings (SSSR count). The molecular weight excluding hydrogens is 370 g/mol. The van der Waals surface area contributed by atoms with E-state index in [1.54, 1.807) is 15.8 Å². The molecule has 1 aromatic carbocycles. The van der Waals surface area contributed by atoms with Crippen LogP contribution in [0, 0.1) is 5.41 Å². The van der Waals surface area contributed by atoms with Gasteiger partial charge in [0.25, 0.3) is 0 Å². The third-order valence-electron chi connectivity index (χ3n) is 5.34. The van der Waals surface area contributed by atoms with Crippen LogP contribution in [0.1, 0.15) is 32.6 Å². The number of likely N-dealkylation sites (tertiary alicyclic amines) is 1. The van der Waals surface area contributed by atoms with Crippen LogP contribution in [-0.4, -0.2) is 52.9 Å². The molecule has 156 valence electrons. The van der Waals surface area contributed by atoms with E-state index in [1.807, 2.05) is 49.5 Å². The number of rotatable bonds is 9. The Morgan fingerprint density at radius 1 is 1.21 bits per heavy atom. The Bertz CT molecular complexity index is 779. The second-order valence-electron chi connectivity index (χ2n) is 7.35. The number of carbonyl (C=O) groups is 2. The fourth-order valence-electron chi connectivity index (χ4n) is 3.78. The number of amides is 1. The highest BCUT2D eigenvalue weighted by molar-refractivity contribution is 5.80. The maximum atomic E-state index is 12.8. The van der Waals surface area contributed by atoms with Crippen LogP contribution < -0.4 is 4.74 Å². The molecule has 1 aliphatic rings. The molecule has 0 saturated carbocycles. The van der Waals surface area contributed by atoms with Crippen LogP contribution in [0.4, 0.5) is 0 Å². The average molecular weight is 399 g/mol. The van der Waals surface area contributed by atoms with Gasteiger partial charge in [0.15, 0.2) is 0 Å². The molecule has 0 spiro atoms. The molecule has 1 atom stereocenters. The summed E-state index contributed by atoms with van der Waals surface area (Å²) < 4.78 is 13.0. The van der Waals surface area contributed by atoms with E-state index in [0.717, 1.165) is 12.2 Å². The Morgan fingerprint density at radius 2 is 2.03 bits per heavy atom. The van der Waals surface area contributed by atoms with Crippen molar-refractivity contribution in [2.45, 2.75) is 39.2 Å².